The maximum Gasteiger partial charge on any atom is 0.222 e. The molecule has 0 saturated heterocycles. The summed E-state index contributed by atoms with van der Waals surface area (Å²) in [4.78, 5) is 0. The smallest absolute Gasteiger partial charge is 0.222 e. The fourth-order valence-electron chi connectivity index (χ4n) is 0.878. The van der Waals surface area contributed by atoms with Crippen molar-refractivity contribution in [3.8, 4) is 5.75 Å². The number of ether oxygens (including phenoxy) is 1. The first-order chi connectivity index (χ1) is 5.59. The van der Waals surface area contributed by atoms with E-state index < -0.39 is 0 Å². The summed E-state index contributed by atoms with van der Waals surface area (Å²) in [5, 5.41) is 11.1. The molecule has 0 aliphatic heterocycles. The van der Waals surface area contributed by atoms with E-state index in [1.165, 1.54) is 6.20 Å². The van der Waals surface area contributed by atoms with E-state index in [2.05, 4.69) is 0 Å². The molecule has 0 aliphatic carbocycles. The van der Waals surface area contributed by atoms with Crippen LogP contribution in [0.2, 0.25) is 0 Å². The molecule has 0 aromatic carbocycles. The molecule has 0 amide bonds. The van der Waals surface area contributed by atoms with Crippen molar-refractivity contribution < 1.29 is 9.47 Å². The molecule has 0 saturated carbocycles. The topological polar surface area (TPSA) is 36.2 Å². The van der Waals surface area contributed by atoms with Gasteiger partial charge in [-0.2, -0.15) is 4.73 Å². The fraction of sp³-hybridized carbons (Fsp3) is 0.444. The number of aromatic nitrogens is 1. The van der Waals surface area contributed by atoms with Crippen LogP contribution in [0.5, 0.6) is 5.75 Å². The minimum absolute atomic E-state index is 0.104. The van der Waals surface area contributed by atoms with Gasteiger partial charge in [-0.05, 0) is 19.9 Å². The Balaban J connectivity index is 2.82. The molecule has 1 aromatic heterocycles. The molecule has 3 nitrogen and oxygen atoms in total. The summed E-state index contributed by atoms with van der Waals surface area (Å²) in [5.74, 6) is 0.616. The Bertz CT molecular complexity index is 271. The third-order valence-corrected chi connectivity index (χ3v) is 1.45. The second kappa shape index (κ2) is 3.43. The van der Waals surface area contributed by atoms with Gasteiger partial charge in [0.1, 0.15) is 0 Å². The Hall–Kier alpha value is -1.25. The monoisotopic (exact) mass is 167 g/mol. The summed E-state index contributed by atoms with van der Waals surface area (Å²) < 4.78 is 6.13. The van der Waals surface area contributed by atoms with Crippen molar-refractivity contribution in [2.24, 2.45) is 0 Å². The average molecular weight is 167 g/mol. The second-order valence-electron chi connectivity index (χ2n) is 3.00. The summed E-state index contributed by atoms with van der Waals surface area (Å²) in [7, 11) is 0. The summed E-state index contributed by atoms with van der Waals surface area (Å²) in [6, 6.07) is 3.54. The number of pyridine rings is 1. The van der Waals surface area contributed by atoms with Crippen LogP contribution >= 0.6 is 0 Å². The van der Waals surface area contributed by atoms with Gasteiger partial charge in [-0.25, -0.2) is 0 Å². The molecule has 1 heterocycles. The molecule has 12 heavy (non-hydrogen) atoms. The Labute approximate surface area is 72.2 Å². The van der Waals surface area contributed by atoms with Gasteiger partial charge < -0.3 is 9.94 Å². The first-order valence-corrected chi connectivity index (χ1v) is 3.96. The van der Waals surface area contributed by atoms with Crippen molar-refractivity contribution in [3.63, 3.8) is 0 Å². The van der Waals surface area contributed by atoms with Crippen LogP contribution in [-0.4, -0.2) is 6.10 Å². The number of aryl methyl sites for hydroxylation is 1. The minimum Gasteiger partial charge on any atom is -0.618 e. The first kappa shape index (κ1) is 8.84. The van der Waals surface area contributed by atoms with Crippen LogP contribution in [0.4, 0.5) is 0 Å². The van der Waals surface area contributed by atoms with Gasteiger partial charge in [0, 0.05) is 13.0 Å². The lowest BCUT2D eigenvalue weighted by Gasteiger charge is -2.08. The van der Waals surface area contributed by atoms with E-state index in [0.717, 1.165) is 4.73 Å². The lowest BCUT2D eigenvalue weighted by atomic mass is 10.3. The minimum atomic E-state index is 0.104. The van der Waals surface area contributed by atoms with Crippen LogP contribution in [0.3, 0.4) is 0 Å². The van der Waals surface area contributed by atoms with Crippen molar-refractivity contribution in [2.45, 2.75) is 26.9 Å². The molecule has 0 aliphatic rings. The number of rotatable bonds is 2. The van der Waals surface area contributed by atoms with E-state index in [-0.39, 0.29) is 6.10 Å². The van der Waals surface area contributed by atoms with Crippen molar-refractivity contribution >= 4 is 0 Å². The van der Waals surface area contributed by atoms with Gasteiger partial charge in [0.25, 0.3) is 0 Å². The zero-order valence-electron chi connectivity index (χ0n) is 7.57. The predicted molar refractivity (Wildman–Crippen MR) is 45.9 cm³/mol. The van der Waals surface area contributed by atoms with Gasteiger partial charge in [-0.15, -0.1) is 0 Å². The van der Waals surface area contributed by atoms with E-state index in [0.29, 0.717) is 11.4 Å². The molecule has 1 aromatic rings. The maximum absolute atomic E-state index is 11.1. The highest BCUT2D eigenvalue weighted by Crippen LogP contribution is 2.08. The maximum atomic E-state index is 11.1. The van der Waals surface area contributed by atoms with Crippen LogP contribution in [0.25, 0.3) is 0 Å². The van der Waals surface area contributed by atoms with Gasteiger partial charge in [0.2, 0.25) is 6.20 Å². The van der Waals surface area contributed by atoms with Gasteiger partial charge in [0.05, 0.1) is 6.10 Å². The van der Waals surface area contributed by atoms with E-state index in [4.69, 9.17) is 4.74 Å². The summed E-state index contributed by atoms with van der Waals surface area (Å²) in [6.07, 6.45) is 1.54. The molecule has 0 spiro atoms. The van der Waals surface area contributed by atoms with Crippen LogP contribution in [-0.2, 0) is 0 Å². The summed E-state index contributed by atoms with van der Waals surface area (Å²) in [6.45, 7) is 5.61. The first-order valence-electron chi connectivity index (χ1n) is 3.96. The highest BCUT2D eigenvalue weighted by molar-refractivity contribution is 5.15. The molecule has 0 fully saturated rings. The van der Waals surface area contributed by atoms with Gasteiger partial charge in [-0.1, -0.05) is 0 Å². The predicted octanol–water partition coefficient (Wildman–Crippen LogP) is 1.42. The lowest BCUT2D eigenvalue weighted by Crippen LogP contribution is -2.29. The van der Waals surface area contributed by atoms with E-state index >= 15 is 0 Å². The van der Waals surface area contributed by atoms with Crippen LogP contribution in [0, 0.1) is 12.1 Å². The Morgan fingerprint density at radius 2 is 2.08 bits per heavy atom. The third-order valence-electron chi connectivity index (χ3n) is 1.45. The molecule has 66 valence electrons. The van der Waals surface area contributed by atoms with E-state index in [1.807, 2.05) is 13.8 Å². The van der Waals surface area contributed by atoms with Crippen molar-refractivity contribution in [3.05, 3.63) is 29.2 Å². The molecule has 0 bridgehead atoms. The van der Waals surface area contributed by atoms with Gasteiger partial charge in [-0.3, -0.25) is 0 Å². The zero-order chi connectivity index (χ0) is 9.14. The van der Waals surface area contributed by atoms with E-state index in [9.17, 15) is 5.21 Å². The molecule has 0 radical (unpaired) electrons. The van der Waals surface area contributed by atoms with Crippen molar-refractivity contribution in [1.29, 1.82) is 0 Å². The molecule has 1 rings (SSSR count). The van der Waals surface area contributed by atoms with Crippen LogP contribution in [0.1, 0.15) is 19.5 Å². The zero-order valence-corrected chi connectivity index (χ0v) is 7.57. The number of hydrogen-bond donors (Lipinski definition) is 0. The summed E-state index contributed by atoms with van der Waals surface area (Å²) in [5.41, 5.74) is 0.672. The van der Waals surface area contributed by atoms with Crippen molar-refractivity contribution in [2.75, 3.05) is 0 Å². The van der Waals surface area contributed by atoms with Crippen molar-refractivity contribution in [1.82, 2.24) is 0 Å². The molecule has 0 atom stereocenters. The molecule has 0 N–H and O–H groups in total. The molecule has 3 heteroatoms. The van der Waals surface area contributed by atoms with Gasteiger partial charge >= 0.3 is 0 Å². The Morgan fingerprint density at radius 1 is 1.42 bits per heavy atom. The van der Waals surface area contributed by atoms with Crippen LogP contribution in [0.15, 0.2) is 18.3 Å². The molecular formula is C9H13NO2. The fourth-order valence-corrected chi connectivity index (χ4v) is 0.878. The Morgan fingerprint density at radius 3 is 2.58 bits per heavy atom. The quantitative estimate of drug-likeness (QED) is 0.493. The Kier molecular flexibility index (Phi) is 2.53. The second-order valence-corrected chi connectivity index (χ2v) is 3.00. The standard InChI is InChI=1S/C9H13NO2/c1-7(2)12-9-5-4-8(3)10(11)6-9/h4-7H,1-3H3. The van der Waals surface area contributed by atoms with Gasteiger partial charge in [0.15, 0.2) is 11.4 Å². The number of hydrogen-bond acceptors (Lipinski definition) is 2. The largest absolute Gasteiger partial charge is 0.618 e. The average Bonchev–Trinajstić information content (AvgIpc) is 1.96. The molecule has 0 unspecified atom stereocenters. The third kappa shape index (κ3) is 2.12. The normalized spacial score (nSPS) is 10.3. The van der Waals surface area contributed by atoms with Crippen LogP contribution < -0.4 is 9.47 Å². The summed E-state index contributed by atoms with van der Waals surface area (Å²) >= 11 is 0. The highest BCUT2D eigenvalue weighted by Gasteiger charge is 2.03. The molecular weight excluding hydrogens is 154 g/mol. The highest BCUT2D eigenvalue weighted by atomic mass is 16.5. The van der Waals surface area contributed by atoms with E-state index in [1.54, 1.807) is 19.1 Å². The number of nitrogens with zero attached hydrogens (tertiary/aromatic N) is 1. The SMILES string of the molecule is Cc1ccc(OC(C)C)c[n+]1[O-]. The lowest BCUT2D eigenvalue weighted by molar-refractivity contribution is -0.612.